The smallest absolute Gasteiger partial charge is 0.262 e. The third-order valence-corrected chi connectivity index (χ3v) is 6.25. The molecule has 0 radical (unpaired) electrons. The van der Waals surface area contributed by atoms with Crippen LogP contribution in [0.25, 0.3) is 10.2 Å². The van der Waals surface area contributed by atoms with Crippen LogP contribution in [0.1, 0.15) is 21.1 Å². The van der Waals surface area contributed by atoms with E-state index in [1.165, 1.54) is 34.8 Å². The molecule has 0 bridgehead atoms. The highest BCUT2D eigenvalue weighted by Crippen LogP contribution is 2.25. The van der Waals surface area contributed by atoms with Gasteiger partial charge in [0.1, 0.15) is 28.0 Å². The van der Waals surface area contributed by atoms with Crippen LogP contribution in [0.4, 0.5) is 4.39 Å². The minimum atomic E-state index is -0.300. The van der Waals surface area contributed by atoms with Gasteiger partial charge in [-0.05, 0) is 43.7 Å². The van der Waals surface area contributed by atoms with Crippen molar-refractivity contribution in [1.29, 1.82) is 0 Å². The summed E-state index contributed by atoms with van der Waals surface area (Å²) >= 11 is 3.00. The summed E-state index contributed by atoms with van der Waals surface area (Å²) in [7, 11) is 0. The van der Waals surface area contributed by atoms with Crippen molar-refractivity contribution in [3.63, 3.8) is 0 Å². The molecule has 8 heteroatoms. The zero-order chi connectivity index (χ0) is 19.0. The average molecular weight is 401 g/mol. The molecular formula is C19H16FN3O2S2. The summed E-state index contributed by atoms with van der Waals surface area (Å²) in [6.07, 6.45) is 1.58. The fourth-order valence-corrected chi connectivity index (χ4v) is 4.40. The number of rotatable bonds is 5. The number of halogens is 1. The number of fused-ring (bicyclic) bond motifs is 1. The van der Waals surface area contributed by atoms with Crippen molar-refractivity contribution < 1.29 is 9.13 Å². The largest absolute Gasteiger partial charge is 0.486 e. The minimum Gasteiger partial charge on any atom is -0.486 e. The summed E-state index contributed by atoms with van der Waals surface area (Å²) in [5.74, 6) is 0.285. The number of aryl methyl sites for hydroxylation is 2. The van der Waals surface area contributed by atoms with Crippen LogP contribution in [-0.2, 0) is 13.2 Å². The molecule has 0 saturated carbocycles. The van der Waals surface area contributed by atoms with Crippen molar-refractivity contribution in [2.24, 2.45) is 0 Å². The van der Waals surface area contributed by atoms with Crippen LogP contribution >= 0.6 is 22.7 Å². The quantitative estimate of drug-likeness (QED) is 0.500. The van der Waals surface area contributed by atoms with Crippen molar-refractivity contribution in [3.8, 4) is 5.75 Å². The molecule has 0 aliphatic heterocycles. The topological polar surface area (TPSA) is 57.0 Å². The van der Waals surface area contributed by atoms with E-state index in [0.29, 0.717) is 24.3 Å². The predicted octanol–water partition coefficient (Wildman–Crippen LogP) is 4.30. The molecule has 0 atom stereocenters. The third-order valence-electron chi connectivity index (χ3n) is 4.26. The highest BCUT2D eigenvalue weighted by atomic mass is 32.1. The van der Waals surface area contributed by atoms with Crippen molar-refractivity contribution >= 4 is 32.9 Å². The molecule has 138 valence electrons. The molecule has 0 saturated heterocycles. The maximum atomic E-state index is 12.9. The second-order valence-electron chi connectivity index (χ2n) is 6.12. The Hall–Kier alpha value is -2.58. The molecule has 1 aromatic carbocycles. The second kappa shape index (κ2) is 7.21. The Morgan fingerprint density at radius 2 is 2.00 bits per heavy atom. The molecular weight excluding hydrogens is 385 g/mol. The first-order chi connectivity index (χ1) is 13.0. The van der Waals surface area contributed by atoms with E-state index in [0.717, 1.165) is 26.0 Å². The normalized spacial score (nSPS) is 11.2. The second-order valence-corrected chi connectivity index (χ2v) is 8.26. The van der Waals surface area contributed by atoms with Gasteiger partial charge >= 0.3 is 0 Å². The molecule has 0 aliphatic carbocycles. The van der Waals surface area contributed by atoms with Gasteiger partial charge in [0.25, 0.3) is 5.56 Å². The molecule has 0 amide bonds. The number of ether oxygens (including phenoxy) is 1. The molecule has 0 N–H and O–H groups in total. The number of hydrogen-bond donors (Lipinski definition) is 0. The van der Waals surface area contributed by atoms with Gasteiger partial charge in [-0.25, -0.2) is 14.4 Å². The molecule has 3 aromatic heterocycles. The molecule has 0 fully saturated rings. The lowest BCUT2D eigenvalue weighted by atomic mass is 10.2. The van der Waals surface area contributed by atoms with Crippen LogP contribution in [0.5, 0.6) is 5.75 Å². The van der Waals surface area contributed by atoms with E-state index >= 15 is 0 Å². The van der Waals surface area contributed by atoms with Crippen LogP contribution in [0.3, 0.4) is 0 Å². The van der Waals surface area contributed by atoms with E-state index in [9.17, 15) is 9.18 Å². The van der Waals surface area contributed by atoms with Gasteiger partial charge in [0.2, 0.25) is 0 Å². The van der Waals surface area contributed by atoms with Gasteiger partial charge in [-0.2, -0.15) is 0 Å². The zero-order valence-electron chi connectivity index (χ0n) is 14.7. The summed E-state index contributed by atoms with van der Waals surface area (Å²) in [6, 6.07) is 5.86. The SMILES string of the molecule is Cc1sc2ncn(Cc3csc(COc4ccc(F)cc4)n3)c(=O)c2c1C. The lowest BCUT2D eigenvalue weighted by Gasteiger charge is -2.04. The van der Waals surface area contributed by atoms with Gasteiger partial charge in [0.15, 0.2) is 0 Å². The number of hydrogen-bond acceptors (Lipinski definition) is 6. The summed E-state index contributed by atoms with van der Waals surface area (Å²) in [5, 5.41) is 3.39. The standard InChI is InChI=1S/C19H16FN3O2S2/c1-11-12(2)27-18-17(11)19(24)23(10-21-18)7-14-9-26-16(22-14)8-25-15-5-3-13(20)4-6-15/h3-6,9-10H,7-8H2,1-2H3. The summed E-state index contributed by atoms with van der Waals surface area (Å²) in [4.78, 5) is 23.6. The lowest BCUT2D eigenvalue weighted by Crippen LogP contribution is -2.21. The van der Waals surface area contributed by atoms with Crippen molar-refractivity contribution in [1.82, 2.24) is 14.5 Å². The summed E-state index contributed by atoms with van der Waals surface area (Å²) < 4.78 is 20.1. The maximum absolute atomic E-state index is 12.9. The van der Waals surface area contributed by atoms with Gasteiger partial charge in [0.05, 0.1) is 24.0 Å². The third kappa shape index (κ3) is 3.63. The maximum Gasteiger partial charge on any atom is 0.262 e. The van der Waals surface area contributed by atoms with E-state index in [-0.39, 0.29) is 11.4 Å². The molecule has 27 heavy (non-hydrogen) atoms. The van der Waals surface area contributed by atoms with Gasteiger partial charge in [-0.1, -0.05) is 0 Å². The molecule has 0 aliphatic rings. The van der Waals surface area contributed by atoms with Crippen LogP contribution in [0.15, 0.2) is 40.8 Å². The van der Waals surface area contributed by atoms with Crippen molar-refractivity contribution in [2.75, 3.05) is 0 Å². The highest BCUT2D eigenvalue weighted by Gasteiger charge is 2.13. The van der Waals surface area contributed by atoms with Gasteiger partial charge in [0, 0.05) is 10.3 Å². The van der Waals surface area contributed by atoms with E-state index < -0.39 is 0 Å². The molecule has 0 spiro atoms. The number of thiophene rings is 1. The van der Waals surface area contributed by atoms with Crippen LogP contribution in [-0.4, -0.2) is 14.5 Å². The monoisotopic (exact) mass is 401 g/mol. The van der Waals surface area contributed by atoms with Crippen LogP contribution in [0, 0.1) is 19.7 Å². The van der Waals surface area contributed by atoms with Crippen molar-refractivity contribution in [2.45, 2.75) is 27.0 Å². The Balaban J connectivity index is 1.50. The van der Waals surface area contributed by atoms with Crippen molar-refractivity contribution in [3.05, 3.63) is 73.3 Å². The Morgan fingerprint density at radius 3 is 2.78 bits per heavy atom. The van der Waals surface area contributed by atoms with Crippen LogP contribution < -0.4 is 10.3 Å². The lowest BCUT2D eigenvalue weighted by molar-refractivity contribution is 0.305. The first-order valence-corrected chi connectivity index (χ1v) is 9.97. The summed E-state index contributed by atoms with van der Waals surface area (Å²) in [6.45, 7) is 4.61. The number of aromatic nitrogens is 3. The van der Waals surface area contributed by atoms with E-state index in [4.69, 9.17) is 4.74 Å². The Bertz CT molecular complexity index is 1160. The van der Waals surface area contributed by atoms with E-state index in [1.54, 1.807) is 23.0 Å². The minimum absolute atomic E-state index is 0.0426. The van der Waals surface area contributed by atoms with E-state index in [1.807, 2.05) is 19.2 Å². The Kier molecular flexibility index (Phi) is 4.75. The average Bonchev–Trinajstić information content (AvgIpc) is 3.22. The van der Waals surface area contributed by atoms with Gasteiger partial charge in [-0.15, -0.1) is 22.7 Å². The zero-order valence-corrected chi connectivity index (χ0v) is 16.4. The molecule has 3 heterocycles. The first-order valence-electron chi connectivity index (χ1n) is 8.28. The number of benzene rings is 1. The molecule has 4 aromatic rings. The Labute approximate surface area is 162 Å². The van der Waals surface area contributed by atoms with Gasteiger partial charge < -0.3 is 4.74 Å². The van der Waals surface area contributed by atoms with Gasteiger partial charge in [-0.3, -0.25) is 9.36 Å². The first kappa shape index (κ1) is 17.8. The number of nitrogens with zero attached hydrogens (tertiary/aromatic N) is 3. The fourth-order valence-electron chi connectivity index (χ4n) is 2.72. The molecule has 4 rings (SSSR count). The fraction of sp³-hybridized carbons (Fsp3) is 0.211. The van der Waals surface area contributed by atoms with E-state index in [2.05, 4.69) is 9.97 Å². The summed E-state index contributed by atoms with van der Waals surface area (Å²) in [5.41, 5.74) is 1.73. The molecule has 5 nitrogen and oxygen atoms in total. The predicted molar refractivity (Wildman–Crippen MR) is 105 cm³/mol. The Morgan fingerprint density at radius 1 is 1.22 bits per heavy atom. The van der Waals surface area contributed by atoms with Crippen LogP contribution in [0.2, 0.25) is 0 Å². The molecule has 0 unspecified atom stereocenters. The highest BCUT2D eigenvalue weighted by molar-refractivity contribution is 7.18. The number of thiazole rings is 1.